The molecule has 0 spiro atoms. The molecule has 14 heavy (non-hydrogen) atoms. The van der Waals surface area contributed by atoms with Gasteiger partial charge in [-0.1, -0.05) is 6.07 Å². The highest BCUT2D eigenvalue weighted by molar-refractivity contribution is 9.10. The zero-order valence-electron chi connectivity index (χ0n) is 7.39. The molecule has 1 aromatic carbocycles. The quantitative estimate of drug-likeness (QED) is 0.854. The molecule has 5 heteroatoms. The summed E-state index contributed by atoms with van der Waals surface area (Å²) in [6, 6.07) is 4.67. The zero-order valence-corrected chi connectivity index (χ0v) is 8.97. The number of halogens is 2. The number of carbonyl (C=O) groups excluding carboxylic acids is 1. The summed E-state index contributed by atoms with van der Waals surface area (Å²) in [5.41, 5.74) is 5.83. The third kappa shape index (κ3) is 3.43. The lowest BCUT2D eigenvalue weighted by Gasteiger charge is -2.03. The molecule has 0 unspecified atom stereocenters. The molecule has 0 aliphatic carbocycles. The van der Waals surface area contributed by atoms with Crippen molar-refractivity contribution >= 4 is 21.8 Å². The predicted octanol–water partition coefficient (Wildman–Crippen LogP) is 1.16. The van der Waals surface area contributed by atoms with Crippen LogP contribution >= 0.6 is 15.9 Å². The van der Waals surface area contributed by atoms with E-state index in [0.29, 0.717) is 11.0 Å². The number of carbonyl (C=O) groups is 1. The Hall–Kier alpha value is -0.940. The Morgan fingerprint density at radius 3 is 2.86 bits per heavy atom. The molecule has 0 heterocycles. The van der Waals surface area contributed by atoms with E-state index in [1.807, 2.05) is 0 Å². The Labute approximate surface area is 89.6 Å². The molecule has 0 atom stereocenters. The molecule has 3 nitrogen and oxygen atoms in total. The van der Waals surface area contributed by atoms with Crippen LogP contribution in [0.3, 0.4) is 0 Å². The van der Waals surface area contributed by atoms with E-state index in [2.05, 4.69) is 21.2 Å². The molecule has 3 N–H and O–H groups in total. The van der Waals surface area contributed by atoms with Crippen molar-refractivity contribution in [3.8, 4) is 0 Å². The predicted molar refractivity (Wildman–Crippen MR) is 55.0 cm³/mol. The van der Waals surface area contributed by atoms with Crippen molar-refractivity contribution in [2.75, 3.05) is 6.54 Å². The highest BCUT2D eigenvalue weighted by Gasteiger charge is 2.00. The molecule has 0 saturated heterocycles. The SMILES string of the molecule is NC(=O)CNCc1ccc(F)c(Br)c1. The van der Waals surface area contributed by atoms with Crippen LogP contribution < -0.4 is 11.1 Å². The maximum atomic E-state index is 12.8. The molecule has 1 amide bonds. The summed E-state index contributed by atoms with van der Waals surface area (Å²) in [6.45, 7) is 0.608. The van der Waals surface area contributed by atoms with E-state index in [1.54, 1.807) is 12.1 Å². The molecule has 0 bridgehead atoms. The van der Waals surface area contributed by atoms with Crippen LogP contribution in [0.1, 0.15) is 5.56 Å². The monoisotopic (exact) mass is 260 g/mol. The maximum absolute atomic E-state index is 12.8. The second-order valence-electron chi connectivity index (χ2n) is 2.82. The summed E-state index contributed by atoms with van der Waals surface area (Å²) < 4.78 is 13.2. The number of hydrogen-bond donors (Lipinski definition) is 2. The Balaban J connectivity index is 2.51. The van der Waals surface area contributed by atoms with Crippen molar-refractivity contribution in [1.82, 2.24) is 5.32 Å². The molecule has 0 aromatic heterocycles. The molecular formula is C9H10BrFN2O. The Kier molecular flexibility index (Phi) is 4.03. The molecular weight excluding hydrogens is 251 g/mol. The van der Waals surface area contributed by atoms with Crippen molar-refractivity contribution in [1.29, 1.82) is 0 Å². The van der Waals surface area contributed by atoms with E-state index in [1.165, 1.54) is 6.07 Å². The van der Waals surface area contributed by atoms with E-state index in [4.69, 9.17) is 5.73 Å². The summed E-state index contributed by atoms with van der Waals surface area (Å²) in [7, 11) is 0. The smallest absolute Gasteiger partial charge is 0.231 e. The van der Waals surface area contributed by atoms with Gasteiger partial charge in [-0.3, -0.25) is 4.79 Å². The van der Waals surface area contributed by atoms with Gasteiger partial charge in [0.25, 0.3) is 0 Å². The van der Waals surface area contributed by atoms with Crippen molar-refractivity contribution in [3.05, 3.63) is 34.1 Å². The first-order chi connectivity index (χ1) is 6.59. The van der Waals surface area contributed by atoms with Gasteiger partial charge in [-0.05, 0) is 33.6 Å². The lowest BCUT2D eigenvalue weighted by Crippen LogP contribution is -2.28. The molecule has 0 saturated carbocycles. The molecule has 0 radical (unpaired) electrons. The van der Waals surface area contributed by atoms with Crippen LogP contribution in [0.2, 0.25) is 0 Å². The van der Waals surface area contributed by atoms with E-state index in [0.717, 1.165) is 5.56 Å². The van der Waals surface area contributed by atoms with E-state index in [-0.39, 0.29) is 12.4 Å². The largest absolute Gasteiger partial charge is 0.369 e. The Morgan fingerprint density at radius 2 is 2.29 bits per heavy atom. The number of nitrogens with two attached hydrogens (primary N) is 1. The van der Waals surface area contributed by atoms with Gasteiger partial charge in [0.1, 0.15) is 5.82 Å². The third-order valence-corrected chi connectivity index (χ3v) is 2.22. The molecule has 0 aliphatic rings. The number of nitrogens with one attached hydrogen (secondary N) is 1. The molecule has 0 fully saturated rings. The van der Waals surface area contributed by atoms with Gasteiger partial charge in [0.2, 0.25) is 5.91 Å². The maximum Gasteiger partial charge on any atom is 0.231 e. The Bertz CT molecular complexity index is 344. The van der Waals surface area contributed by atoms with E-state index < -0.39 is 5.91 Å². The Morgan fingerprint density at radius 1 is 1.57 bits per heavy atom. The van der Waals surface area contributed by atoms with Crippen LogP contribution in [-0.2, 0) is 11.3 Å². The average Bonchev–Trinajstić information content (AvgIpc) is 2.10. The first-order valence-corrected chi connectivity index (χ1v) is 4.82. The van der Waals surface area contributed by atoms with E-state index in [9.17, 15) is 9.18 Å². The highest BCUT2D eigenvalue weighted by atomic mass is 79.9. The minimum absolute atomic E-state index is 0.120. The summed E-state index contributed by atoms with van der Waals surface area (Å²) >= 11 is 3.07. The number of amides is 1. The van der Waals surface area contributed by atoms with Crippen LogP contribution in [0, 0.1) is 5.82 Å². The van der Waals surface area contributed by atoms with Crippen LogP contribution in [0.15, 0.2) is 22.7 Å². The minimum atomic E-state index is -0.411. The van der Waals surface area contributed by atoms with Gasteiger partial charge in [0.15, 0.2) is 0 Å². The van der Waals surface area contributed by atoms with Crippen molar-refractivity contribution in [2.24, 2.45) is 5.73 Å². The normalized spacial score (nSPS) is 10.1. The van der Waals surface area contributed by atoms with Gasteiger partial charge in [-0.2, -0.15) is 0 Å². The second-order valence-corrected chi connectivity index (χ2v) is 3.67. The summed E-state index contributed by atoms with van der Waals surface area (Å²) in [5, 5.41) is 2.83. The van der Waals surface area contributed by atoms with Gasteiger partial charge in [0.05, 0.1) is 11.0 Å². The van der Waals surface area contributed by atoms with Crippen LogP contribution in [-0.4, -0.2) is 12.5 Å². The van der Waals surface area contributed by atoms with E-state index >= 15 is 0 Å². The fourth-order valence-electron chi connectivity index (χ4n) is 0.980. The van der Waals surface area contributed by atoms with Crippen LogP contribution in [0.4, 0.5) is 4.39 Å². The second kappa shape index (κ2) is 5.07. The lowest BCUT2D eigenvalue weighted by atomic mass is 10.2. The van der Waals surface area contributed by atoms with Crippen LogP contribution in [0.25, 0.3) is 0 Å². The first kappa shape index (κ1) is 11.1. The number of primary amides is 1. The van der Waals surface area contributed by atoms with Crippen molar-refractivity contribution in [2.45, 2.75) is 6.54 Å². The number of rotatable bonds is 4. The summed E-state index contributed by atoms with van der Waals surface area (Å²) in [6.07, 6.45) is 0. The molecule has 1 aromatic rings. The fraction of sp³-hybridized carbons (Fsp3) is 0.222. The zero-order chi connectivity index (χ0) is 10.6. The fourth-order valence-corrected chi connectivity index (χ4v) is 1.41. The van der Waals surface area contributed by atoms with Crippen LogP contribution in [0.5, 0.6) is 0 Å². The third-order valence-electron chi connectivity index (χ3n) is 1.61. The lowest BCUT2D eigenvalue weighted by molar-refractivity contribution is -0.117. The van der Waals surface area contributed by atoms with Gasteiger partial charge in [-0.15, -0.1) is 0 Å². The van der Waals surface area contributed by atoms with Gasteiger partial charge in [-0.25, -0.2) is 4.39 Å². The van der Waals surface area contributed by atoms with Gasteiger partial charge in [0, 0.05) is 6.54 Å². The molecule has 0 aliphatic heterocycles. The minimum Gasteiger partial charge on any atom is -0.369 e. The van der Waals surface area contributed by atoms with Crippen molar-refractivity contribution < 1.29 is 9.18 Å². The highest BCUT2D eigenvalue weighted by Crippen LogP contribution is 2.16. The number of hydrogen-bond acceptors (Lipinski definition) is 2. The first-order valence-electron chi connectivity index (χ1n) is 4.02. The number of benzene rings is 1. The summed E-state index contributed by atoms with van der Waals surface area (Å²) in [5.74, 6) is -0.713. The van der Waals surface area contributed by atoms with Crippen molar-refractivity contribution in [3.63, 3.8) is 0 Å². The van der Waals surface area contributed by atoms with Gasteiger partial charge < -0.3 is 11.1 Å². The topological polar surface area (TPSA) is 55.1 Å². The van der Waals surface area contributed by atoms with Gasteiger partial charge >= 0.3 is 0 Å². The molecule has 1 rings (SSSR count). The molecule has 76 valence electrons. The average molecular weight is 261 g/mol. The standard InChI is InChI=1S/C9H10BrFN2O/c10-7-3-6(1-2-8(7)11)4-13-5-9(12)14/h1-3,13H,4-5H2,(H2,12,14). The summed E-state index contributed by atoms with van der Waals surface area (Å²) in [4.78, 5) is 10.4.